The van der Waals surface area contributed by atoms with E-state index in [-0.39, 0.29) is 30.5 Å². The predicted octanol–water partition coefficient (Wildman–Crippen LogP) is 2.95. The molecule has 120 valence electrons. The van der Waals surface area contributed by atoms with E-state index in [1.54, 1.807) is 0 Å². The van der Waals surface area contributed by atoms with Gasteiger partial charge in [0.15, 0.2) is 0 Å². The van der Waals surface area contributed by atoms with Crippen molar-refractivity contribution < 1.29 is 14.7 Å². The number of aliphatic carboxylic acids is 1. The summed E-state index contributed by atoms with van der Waals surface area (Å²) in [4.78, 5) is 27.8. The van der Waals surface area contributed by atoms with Crippen LogP contribution in [-0.2, 0) is 4.79 Å². The van der Waals surface area contributed by atoms with Gasteiger partial charge in [0, 0.05) is 31.6 Å². The van der Waals surface area contributed by atoms with Crippen molar-refractivity contribution in [3.63, 3.8) is 0 Å². The molecule has 0 spiro atoms. The summed E-state index contributed by atoms with van der Waals surface area (Å²) in [5.41, 5.74) is 0. The molecule has 2 heterocycles. The first-order valence-corrected chi connectivity index (χ1v) is 8.35. The summed E-state index contributed by atoms with van der Waals surface area (Å²) in [5, 5.41) is 8.97. The summed E-state index contributed by atoms with van der Waals surface area (Å²) in [6, 6.07) is 0.702. The van der Waals surface area contributed by atoms with Crippen molar-refractivity contribution in [1.82, 2.24) is 9.80 Å². The number of rotatable bonds is 6. The SMILES string of the molecule is CCCN(CCC)C(=O)N1C2CCC1CC(CC(=O)O)C2. The minimum Gasteiger partial charge on any atom is -0.481 e. The average molecular weight is 296 g/mol. The monoisotopic (exact) mass is 296 g/mol. The van der Waals surface area contributed by atoms with Crippen molar-refractivity contribution >= 4 is 12.0 Å². The van der Waals surface area contributed by atoms with Crippen LogP contribution >= 0.6 is 0 Å². The van der Waals surface area contributed by atoms with Crippen LogP contribution in [0.4, 0.5) is 4.79 Å². The molecule has 2 unspecified atom stereocenters. The lowest BCUT2D eigenvalue weighted by Crippen LogP contribution is -2.52. The molecule has 0 aliphatic carbocycles. The van der Waals surface area contributed by atoms with Crippen molar-refractivity contribution in [2.45, 2.75) is 70.9 Å². The molecule has 21 heavy (non-hydrogen) atoms. The summed E-state index contributed by atoms with van der Waals surface area (Å²) in [6.07, 6.45) is 6.02. The predicted molar refractivity (Wildman–Crippen MR) is 81.2 cm³/mol. The molecule has 2 amide bonds. The fourth-order valence-corrected chi connectivity index (χ4v) is 4.02. The van der Waals surface area contributed by atoms with E-state index in [9.17, 15) is 9.59 Å². The third-order valence-electron chi connectivity index (χ3n) is 4.77. The zero-order valence-corrected chi connectivity index (χ0v) is 13.3. The Kier molecular flexibility index (Phi) is 5.48. The Morgan fingerprint density at radius 3 is 2.05 bits per heavy atom. The van der Waals surface area contributed by atoms with Gasteiger partial charge in [-0.3, -0.25) is 4.79 Å². The van der Waals surface area contributed by atoms with Crippen LogP contribution in [0.5, 0.6) is 0 Å². The lowest BCUT2D eigenvalue weighted by molar-refractivity contribution is -0.138. The fourth-order valence-electron chi connectivity index (χ4n) is 4.02. The van der Waals surface area contributed by atoms with Crippen LogP contribution in [0, 0.1) is 5.92 Å². The maximum atomic E-state index is 12.8. The zero-order valence-electron chi connectivity index (χ0n) is 13.3. The molecular weight excluding hydrogens is 268 g/mol. The number of carboxylic acid groups (broad SMARTS) is 1. The molecule has 0 saturated carbocycles. The normalized spacial score (nSPS) is 27.7. The Bertz CT molecular complexity index is 366. The number of amides is 2. The van der Waals surface area contributed by atoms with Crippen LogP contribution in [0.3, 0.4) is 0 Å². The number of fused-ring (bicyclic) bond motifs is 2. The summed E-state index contributed by atoms with van der Waals surface area (Å²) in [6.45, 7) is 5.84. The van der Waals surface area contributed by atoms with Crippen molar-refractivity contribution in [3.8, 4) is 0 Å². The van der Waals surface area contributed by atoms with Crippen molar-refractivity contribution in [3.05, 3.63) is 0 Å². The fraction of sp³-hybridized carbons (Fsp3) is 0.875. The molecule has 2 aliphatic heterocycles. The van der Waals surface area contributed by atoms with Crippen molar-refractivity contribution in [2.24, 2.45) is 5.92 Å². The molecule has 2 fully saturated rings. The Morgan fingerprint density at radius 2 is 1.62 bits per heavy atom. The minimum atomic E-state index is -0.710. The van der Waals surface area contributed by atoms with Gasteiger partial charge in [-0.15, -0.1) is 0 Å². The summed E-state index contributed by atoms with van der Waals surface area (Å²) in [5.74, 6) is -0.465. The highest BCUT2D eigenvalue weighted by atomic mass is 16.4. The van der Waals surface area contributed by atoms with Crippen LogP contribution in [0.15, 0.2) is 0 Å². The molecule has 1 N–H and O–H groups in total. The quantitative estimate of drug-likeness (QED) is 0.819. The molecule has 2 bridgehead atoms. The molecule has 0 aromatic heterocycles. The van der Waals surface area contributed by atoms with Crippen LogP contribution < -0.4 is 0 Å². The summed E-state index contributed by atoms with van der Waals surface area (Å²) < 4.78 is 0. The van der Waals surface area contributed by atoms with Crippen LogP contribution in [0.25, 0.3) is 0 Å². The van der Waals surface area contributed by atoms with Gasteiger partial charge in [-0.25, -0.2) is 4.79 Å². The number of carbonyl (C=O) groups excluding carboxylic acids is 1. The highest BCUT2D eigenvalue weighted by molar-refractivity contribution is 5.76. The number of hydrogen-bond acceptors (Lipinski definition) is 2. The van der Waals surface area contributed by atoms with E-state index in [0.717, 1.165) is 51.6 Å². The van der Waals surface area contributed by atoms with E-state index < -0.39 is 5.97 Å². The molecule has 0 radical (unpaired) electrons. The van der Waals surface area contributed by atoms with Crippen molar-refractivity contribution in [1.29, 1.82) is 0 Å². The molecule has 2 atom stereocenters. The van der Waals surface area contributed by atoms with Gasteiger partial charge in [0.1, 0.15) is 0 Å². The topological polar surface area (TPSA) is 60.9 Å². The van der Waals surface area contributed by atoms with E-state index >= 15 is 0 Å². The van der Waals surface area contributed by atoms with Crippen LogP contribution in [-0.4, -0.2) is 52.1 Å². The maximum Gasteiger partial charge on any atom is 0.320 e. The lowest BCUT2D eigenvalue weighted by Gasteiger charge is -2.41. The second-order valence-electron chi connectivity index (χ2n) is 6.50. The lowest BCUT2D eigenvalue weighted by atomic mass is 9.88. The molecular formula is C16H28N2O3. The number of piperidine rings is 1. The highest BCUT2D eigenvalue weighted by Gasteiger charge is 2.44. The third kappa shape index (κ3) is 3.69. The first-order valence-electron chi connectivity index (χ1n) is 8.35. The minimum absolute atomic E-state index is 0.181. The molecule has 5 heteroatoms. The molecule has 2 rings (SSSR count). The number of urea groups is 1. The second-order valence-corrected chi connectivity index (χ2v) is 6.50. The summed E-state index contributed by atoms with van der Waals surface area (Å²) >= 11 is 0. The standard InChI is InChI=1S/C16H28N2O3/c1-3-7-17(8-4-2)16(21)18-13-5-6-14(18)10-12(9-13)11-15(19)20/h12-14H,3-11H2,1-2H3,(H,19,20). The van der Waals surface area contributed by atoms with Gasteiger partial charge in [0.2, 0.25) is 0 Å². The maximum absolute atomic E-state index is 12.8. The first kappa shape index (κ1) is 16.1. The first-order chi connectivity index (χ1) is 10.1. The van der Waals surface area contributed by atoms with Crippen molar-refractivity contribution in [2.75, 3.05) is 13.1 Å². The van der Waals surface area contributed by atoms with Gasteiger partial charge in [-0.2, -0.15) is 0 Å². The smallest absolute Gasteiger partial charge is 0.320 e. The zero-order chi connectivity index (χ0) is 15.4. The average Bonchev–Trinajstić information content (AvgIpc) is 2.69. The molecule has 5 nitrogen and oxygen atoms in total. The third-order valence-corrected chi connectivity index (χ3v) is 4.77. The number of carbonyl (C=O) groups is 2. The molecule has 0 aromatic carbocycles. The van der Waals surface area contributed by atoms with E-state index in [1.807, 2.05) is 4.90 Å². The Labute approximate surface area is 127 Å². The number of hydrogen-bond donors (Lipinski definition) is 1. The van der Waals surface area contributed by atoms with Gasteiger partial charge in [-0.1, -0.05) is 13.8 Å². The van der Waals surface area contributed by atoms with Crippen LogP contribution in [0.1, 0.15) is 58.8 Å². The van der Waals surface area contributed by atoms with Gasteiger partial charge in [0.05, 0.1) is 0 Å². The highest BCUT2D eigenvalue weighted by Crippen LogP contribution is 2.40. The van der Waals surface area contributed by atoms with Gasteiger partial charge >= 0.3 is 12.0 Å². The van der Waals surface area contributed by atoms with E-state index in [1.165, 1.54) is 0 Å². The van der Waals surface area contributed by atoms with Crippen LogP contribution in [0.2, 0.25) is 0 Å². The Hall–Kier alpha value is -1.26. The number of nitrogens with zero attached hydrogens (tertiary/aromatic N) is 2. The molecule has 2 aliphatic rings. The Balaban J connectivity index is 2.01. The van der Waals surface area contributed by atoms with Gasteiger partial charge in [0.25, 0.3) is 0 Å². The van der Waals surface area contributed by atoms with E-state index in [0.29, 0.717) is 0 Å². The summed E-state index contributed by atoms with van der Waals surface area (Å²) in [7, 11) is 0. The molecule has 0 aromatic rings. The number of carboxylic acids is 1. The molecule has 2 saturated heterocycles. The van der Waals surface area contributed by atoms with Gasteiger partial charge < -0.3 is 14.9 Å². The van der Waals surface area contributed by atoms with E-state index in [4.69, 9.17) is 5.11 Å². The Morgan fingerprint density at radius 1 is 1.10 bits per heavy atom. The van der Waals surface area contributed by atoms with Gasteiger partial charge in [-0.05, 0) is 44.4 Å². The second kappa shape index (κ2) is 7.14. The largest absolute Gasteiger partial charge is 0.481 e. The van der Waals surface area contributed by atoms with E-state index in [2.05, 4.69) is 18.7 Å².